The van der Waals surface area contributed by atoms with Gasteiger partial charge in [0.1, 0.15) is 5.75 Å². The highest BCUT2D eigenvalue weighted by atomic mass is 16.5. The first kappa shape index (κ1) is 12.3. The lowest BCUT2D eigenvalue weighted by Crippen LogP contribution is -2.07. The van der Waals surface area contributed by atoms with E-state index in [0.29, 0.717) is 17.9 Å². The van der Waals surface area contributed by atoms with E-state index in [4.69, 9.17) is 9.47 Å². The summed E-state index contributed by atoms with van der Waals surface area (Å²) in [6, 6.07) is 7.38. The number of esters is 1. The van der Waals surface area contributed by atoms with Crippen LogP contribution >= 0.6 is 0 Å². The molecule has 0 saturated carbocycles. The number of ether oxygens (including phenoxy) is 2. The summed E-state index contributed by atoms with van der Waals surface area (Å²) in [5.74, 6) is 0.346. The molecule has 3 nitrogen and oxygen atoms in total. The number of carbonyl (C=O) groups is 1. The molecule has 0 radical (unpaired) electrons. The summed E-state index contributed by atoms with van der Waals surface area (Å²) in [7, 11) is 1.58. The van der Waals surface area contributed by atoms with Gasteiger partial charge in [0.2, 0.25) is 0 Å². The lowest BCUT2D eigenvalue weighted by atomic mass is 10.0. The smallest absolute Gasteiger partial charge is 0.338 e. The normalized spacial score (nSPS) is 11.1. The first-order valence-corrected chi connectivity index (χ1v) is 5.21. The first-order chi connectivity index (χ1) is 7.74. The number of methoxy groups -OCH3 is 1. The second kappa shape index (κ2) is 5.95. The maximum atomic E-state index is 11.7. The van der Waals surface area contributed by atoms with Crippen molar-refractivity contribution in [1.82, 2.24) is 0 Å². The zero-order valence-electron chi connectivity index (χ0n) is 9.82. The summed E-state index contributed by atoms with van der Waals surface area (Å²) in [5, 5.41) is 0. The van der Waals surface area contributed by atoms with Crippen LogP contribution in [-0.4, -0.2) is 19.7 Å². The largest absolute Gasteiger partial charge is 0.496 e. The zero-order chi connectivity index (χ0) is 12.0. The van der Waals surface area contributed by atoms with Crippen molar-refractivity contribution in [1.29, 1.82) is 0 Å². The molecule has 0 N–H and O–H groups in total. The van der Waals surface area contributed by atoms with Crippen molar-refractivity contribution in [3.63, 3.8) is 0 Å². The fraction of sp³-hybridized carbons (Fsp3) is 0.308. The molecule has 0 spiro atoms. The Morgan fingerprint density at radius 1 is 1.38 bits per heavy atom. The second-order valence-corrected chi connectivity index (χ2v) is 3.12. The molecule has 0 heterocycles. The summed E-state index contributed by atoms with van der Waals surface area (Å²) in [6.07, 6.45) is 1.73. The number of hydrogen-bond acceptors (Lipinski definition) is 3. The standard InChI is InChI=1S/C13H16O3/c1-4-10(13(14)16-5-2)11-8-6-7-9-12(11)15-3/h4,6-9H,5H2,1-3H3. The van der Waals surface area contributed by atoms with E-state index in [9.17, 15) is 4.79 Å². The van der Waals surface area contributed by atoms with Crippen LogP contribution < -0.4 is 4.74 Å². The van der Waals surface area contributed by atoms with Gasteiger partial charge in [-0.25, -0.2) is 4.79 Å². The topological polar surface area (TPSA) is 35.5 Å². The molecule has 0 amide bonds. The number of carbonyl (C=O) groups excluding carboxylic acids is 1. The lowest BCUT2D eigenvalue weighted by Gasteiger charge is -2.10. The molecular formula is C13H16O3. The molecule has 86 valence electrons. The summed E-state index contributed by atoms with van der Waals surface area (Å²) in [4.78, 5) is 11.7. The van der Waals surface area contributed by atoms with Gasteiger partial charge >= 0.3 is 5.97 Å². The van der Waals surface area contributed by atoms with E-state index in [1.54, 1.807) is 27.0 Å². The van der Waals surface area contributed by atoms with Crippen LogP contribution in [-0.2, 0) is 9.53 Å². The summed E-state index contributed by atoms with van der Waals surface area (Å²) < 4.78 is 10.2. The maximum absolute atomic E-state index is 11.7. The van der Waals surface area contributed by atoms with Gasteiger partial charge in [-0.1, -0.05) is 24.3 Å². The summed E-state index contributed by atoms with van der Waals surface area (Å²) in [5.41, 5.74) is 1.28. The van der Waals surface area contributed by atoms with E-state index in [1.165, 1.54) is 0 Å². The Labute approximate surface area is 95.7 Å². The van der Waals surface area contributed by atoms with Gasteiger partial charge in [0.15, 0.2) is 0 Å². The average Bonchev–Trinajstić information content (AvgIpc) is 2.31. The van der Waals surface area contributed by atoms with Gasteiger partial charge in [0.05, 0.1) is 19.3 Å². The van der Waals surface area contributed by atoms with Crippen molar-refractivity contribution in [3.05, 3.63) is 35.9 Å². The van der Waals surface area contributed by atoms with Crippen LogP contribution in [0.4, 0.5) is 0 Å². The van der Waals surface area contributed by atoms with Crippen molar-refractivity contribution >= 4 is 11.5 Å². The van der Waals surface area contributed by atoms with Gasteiger partial charge in [-0.3, -0.25) is 0 Å². The summed E-state index contributed by atoms with van der Waals surface area (Å²) in [6.45, 7) is 3.96. The van der Waals surface area contributed by atoms with Crippen molar-refractivity contribution in [2.24, 2.45) is 0 Å². The fourth-order valence-electron chi connectivity index (χ4n) is 1.46. The molecule has 0 saturated heterocycles. The van der Waals surface area contributed by atoms with Crippen molar-refractivity contribution in [3.8, 4) is 5.75 Å². The van der Waals surface area contributed by atoms with E-state index >= 15 is 0 Å². The fourth-order valence-corrected chi connectivity index (χ4v) is 1.46. The van der Waals surface area contributed by atoms with Crippen LogP contribution in [0.25, 0.3) is 5.57 Å². The minimum Gasteiger partial charge on any atom is -0.496 e. The van der Waals surface area contributed by atoms with Gasteiger partial charge in [-0.05, 0) is 19.9 Å². The Morgan fingerprint density at radius 2 is 2.06 bits per heavy atom. The van der Waals surface area contributed by atoms with E-state index in [-0.39, 0.29) is 5.97 Å². The number of rotatable bonds is 4. The Hall–Kier alpha value is -1.77. The molecule has 0 bridgehead atoms. The van der Waals surface area contributed by atoms with Gasteiger partial charge in [-0.15, -0.1) is 0 Å². The molecule has 1 aromatic carbocycles. The SMILES string of the molecule is CC=C(C(=O)OCC)c1ccccc1OC. The molecule has 1 rings (SSSR count). The van der Waals surface area contributed by atoms with Gasteiger partial charge < -0.3 is 9.47 Å². The van der Waals surface area contributed by atoms with E-state index in [2.05, 4.69) is 0 Å². The maximum Gasteiger partial charge on any atom is 0.338 e. The van der Waals surface area contributed by atoms with Crippen LogP contribution in [0.1, 0.15) is 19.4 Å². The molecule has 3 heteroatoms. The molecule has 0 atom stereocenters. The molecule has 0 aliphatic carbocycles. The predicted octanol–water partition coefficient (Wildman–Crippen LogP) is 2.66. The number of benzene rings is 1. The Morgan fingerprint density at radius 3 is 2.62 bits per heavy atom. The third-order valence-electron chi connectivity index (χ3n) is 2.18. The lowest BCUT2D eigenvalue weighted by molar-refractivity contribution is -0.136. The van der Waals surface area contributed by atoms with Crippen LogP contribution in [0, 0.1) is 0 Å². The molecule has 0 aromatic heterocycles. The first-order valence-electron chi connectivity index (χ1n) is 5.21. The number of para-hydroxylation sites is 1. The molecule has 0 aliphatic rings. The monoisotopic (exact) mass is 220 g/mol. The minimum atomic E-state index is -0.325. The molecule has 1 aromatic rings. The zero-order valence-corrected chi connectivity index (χ0v) is 9.82. The molecule has 0 unspecified atom stereocenters. The molecule has 0 aliphatic heterocycles. The van der Waals surface area contributed by atoms with Crippen LogP contribution in [0.2, 0.25) is 0 Å². The third-order valence-corrected chi connectivity index (χ3v) is 2.18. The Balaban J connectivity index is 3.09. The Bertz CT molecular complexity index is 394. The van der Waals surface area contributed by atoms with E-state index in [0.717, 1.165) is 5.56 Å². The minimum absolute atomic E-state index is 0.325. The van der Waals surface area contributed by atoms with Crippen molar-refractivity contribution in [2.45, 2.75) is 13.8 Å². The number of hydrogen-bond donors (Lipinski definition) is 0. The highest BCUT2D eigenvalue weighted by Crippen LogP contribution is 2.26. The van der Waals surface area contributed by atoms with Gasteiger partial charge in [-0.2, -0.15) is 0 Å². The highest BCUT2D eigenvalue weighted by molar-refractivity contribution is 6.17. The third kappa shape index (κ3) is 2.63. The molecule has 16 heavy (non-hydrogen) atoms. The second-order valence-electron chi connectivity index (χ2n) is 3.12. The summed E-state index contributed by atoms with van der Waals surface area (Å²) >= 11 is 0. The quantitative estimate of drug-likeness (QED) is 0.578. The van der Waals surface area contributed by atoms with Crippen LogP contribution in [0.3, 0.4) is 0 Å². The van der Waals surface area contributed by atoms with Crippen molar-refractivity contribution < 1.29 is 14.3 Å². The van der Waals surface area contributed by atoms with Gasteiger partial charge in [0, 0.05) is 5.56 Å². The van der Waals surface area contributed by atoms with E-state index < -0.39 is 0 Å². The Kier molecular flexibility index (Phi) is 4.58. The molecule has 0 fully saturated rings. The predicted molar refractivity (Wildman–Crippen MR) is 63.3 cm³/mol. The van der Waals surface area contributed by atoms with Crippen LogP contribution in [0.15, 0.2) is 30.3 Å². The van der Waals surface area contributed by atoms with Crippen molar-refractivity contribution in [2.75, 3.05) is 13.7 Å². The van der Waals surface area contributed by atoms with Crippen LogP contribution in [0.5, 0.6) is 5.75 Å². The highest BCUT2D eigenvalue weighted by Gasteiger charge is 2.15. The van der Waals surface area contributed by atoms with E-state index in [1.807, 2.05) is 24.3 Å². The molecular weight excluding hydrogens is 204 g/mol. The number of allylic oxidation sites excluding steroid dienone is 1. The van der Waals surface area contributed by atoms with Gasteiger partial charge in [0.25, 0.3) is 0 Å². The average molecular weight is 220 g/mol.